The smallest absolute Gasteiger partial charge is 0.193 e. The third-order valence-electron chi connectivity index (χ3n) is 5.32. The van der Waals surface area contributed by atoms with Crippen molar-refractivity contribution in [2.75, 3.05) is 71.5 Å². The van der Waals surface area contributed by atoms with E-state index in [1.54, 1.807) is 0 Å². The molecule has 7 nitrogen and oxygen atoms in total. The first-order valence-corrected chi connectivity index (χ1v) is 10.1. The topological polar surface area (TPSA) is 56.2 Å². The summed E-state index contributed by atoms with van der Waals surface area (Å²) < 4.78 is 5.51. The van der Waals surface area contributed by atoms with Crippen molar-refractivity contribution in [2.45, 2.75) is 19.9 Å². The number of hydrogen-bond donors (Lipinski definition) is 1. The maximum absolute atomic E-state index is 5.51. The van der Waals surface area contributed by atoms with Gasteiger partial charge < -0.3 is 24.8 Å². The lowest BCUT2D eigenvalue weighted by Gasteiger charge is -2.34. The molecule has 0 saturated carbocycles. The van der Waals surface area contributed by atoms with Gasteiger partial charge in [0, 0.05) is 70.6 Å². The first kappa shape index (κ1) is 23.2. The average molecular weight is 502 g/mol. The predicted octanol–water partition coefficient (Wildman–Crippen LogP) is 1.89. The molecule has 2 fully saturated rings. The van der Waals surface area contributed by atoms with E-state index in [2.05, 4.69) is 52.1 Å². The van der Waals surface area contributed by atoms with E-state index in [1.807, 2.05) is 12.3 Å². The van der Waals surface area contributed by atoms with Gasteiger partial charge in [-0.1, -0.05) is 6.07 Å². The summed E-state index contributed by atoms with van der Waals surface area (Å²) in [6.07, 6.45) is 3.03. The molecular formula is C20H35IN6O. The molecule has 0 aliphatic carbocycles. The van der Waals surface area contributed by atoms with Crippen LogP contribution in [0.3, 0.4) is 0 Å². The van der Waals surface area contributed by atoms with Crippen LogP contribution in [-0.2, 0) is 11.3 Å². The van der Waals surface area contributed by atoms with Gasteiger partial charge in [0.2, 0.25) is 0 Å². The van der Waals surface area contributed by atoms with E-state index in [0.29, 0.717) is 12.5 Å². The first-order chi connectivity index (χ1) is 13.2. The number of hydrogen-bond acceptors (Lipinski definition) is 5. The second-order valence-electron chi connectivity index (χ2n) is 7.56. The van der Waals surface area contributed by atoms with Gasteiger partial charge in [0.05, 0.1) is 13.2 Å². The fourth-order valence-corrected chi connectivity index (χ4v) is 3.69. The number of nitrogens with one attached hydrogen (secondary N) is 1. The van der Waals surface area contributed by atoms with Crippen molar-refractivity contribution < 1.29 is 4.74 Å². The minimum atomic E-state index is 0. The van der Waals surface area contributed by atoms with Crippen LogP contribution in [0.4, 0.5) is 5.82 Å². The number of halogens is 1. The molecule has 1 N–H and O–H groups in total. The van der Waals surface area contributed by atoms with Gasteiger partial charge in [-0.05, 0) is 26.5 Å². The Morgan fingerprint density at radius 2 is 2.14 bits per heavy atom. The van der Waals surface area contributed by atoms with Crippen LogP contribution in [0.25, 0.3) is 0 Å². The van der Waals surface area contributed by atoms with Gasteiger partial charge in [-0.25, -0.2) is 9.98 Å². The lowest BCUT2D eigenvalue weighted by molar-refractivity contribution is 0.181. The zero-order valence-corrected chi connectivity index (χ0v) is 19.8. The summed E-state index contributed by atoms with van der Waals surface area (Å²) in [7, 11) is 4.29. The van der Waals surface area contributed by atoms with E-state index in [-0.39, 0.29) is 24.0 Å². The number of aliphatic imine (C=N–C) groups is 1. The van der Waals surface area contributed by atoms with E-state index in [1.165, 1.54) is 5.56 Å². The first-order valence-electron chi connectivity index (χ1n) is 10.1. The maximum Gasteiger partial charge on any atom is 0.193 e. The molecule has 2 aliphatic heterocycles. The van der Waals surface area contributed by atoms with Gasteiger partial charge in [0.1, 0.15) is 5.82 Å². The minimum absolute atomic E-state index is 0. The van der Waals surface area contributed by atoms with Crippen LogP contribution in [-0.4, -0.2) is 87.3 Å². The van der Waals surface area contributed by atoms with Crippen molar-refractivity contribution in [2.24, 2.45) is 10.9 Å². The molecule has 1 aromatic rings. The quantitative estimate of drug-likeness (QED) is 0.365. The molecule has 2 saturated heterocycles. The van der Waals surface area contributed by atoms with Gasteiger partial charge >= 0.3 is 0 Å². The van der Waals surface area contributed by atoms with E-state index in [4.69, 9.17) is 9.73 Å². The molecule has 0 radical (unpaired) electrons. The molecule has 0 spiro atoms. The largest absolute Gasteiger partial charge is 0.381 e. The number of pyridine rings is 1. The summed E-state index contributed by atoms with van der Waals surface area (Å²) >= 11 is 0. The zero-order chi connectivity index (χ0) is 19.1. The lowest BCUT2D eigenvalue weighted by Crippen LogP contribution is -2.45. The maximum atomic E-state index is 5.51. The molecule has 3 rings (SSSR count). The average Bonchev–Trinajstić information content (AvgIpc) is 3.19. The molecule has 0 bridgehead atoms. The van der Waals surface area contributed by atoms with Crippen molar-refractivity contribution in [3.8, 4) is 0 Å². The summed E-state index contributed by atoms with van der Waals surface area (Å²) in [6, 6.07) is 4.16. The zero-order valence-electron chi connectivity index (χ0n) is 17.4. The fraction of sp³-hybridized carbons (Fsp3) is 0.700. The molecular weight excluding hydrogens is 467 g/mol. The molecule has 1 unspecified atom stereocenters. The molecule has 2 aliphatic rings. The van der Waals surface area contributed by atoms with E-state index in [0.717, 1.165) is 70.7 Å². The Kier molecular flexibility index (Phi) is 9.73. The SMILES string of the molecule is CCNC(=NCc1cccnc1N1CCN(C)CC1)N(C)CC1CCOC1.I. The highest BCUT2D eigenvalue weighted by Gasteiger charge is 2.20. The fourth-order valence-electron chi connectivity index (χ4n) is 3.69. The monoisotopic (exact) mass is 502 g/mol. The highest BCUT2D eigenvalue weighted by Crippen LogP contribution is 2.20. The number of piperazine rings is 1. The molecule has 0 amide bonds. The number of guanidine groups is 1. The Labute approximate surface area is 186 Å². The molecule has 1 aromatic heterocycles. The highest BCUT2D eigenvalue weighted by molar-refractivity contribution is 14.0. The van der Waals surface area contributed by atoms with Crippen molar-refractivity contribution >= 4 is 35.8 Å². The normalized spacial score (nSPS) is 20.8. The van der Waals surface area contributed by atoms with Crippen LogP contribution in [0, 0.1) is 5.92 Å². The number of nitrogens with zero attached hydrogens (tertiary/aromatic N) is 5. The molecule has 8 heteroatoms. The predicted molar refractivity (Wildman–Crippen MR) is 126 cm³/mol. The Balaban J connectivity index is 0.00000280. The molecule has 1 atom stereocenters. The van der Waals surface area contributed by atoms with Crippen LogP contribution in [0.2, 0.25) is 0 Å². The molecule has 3 heterocycles. The summed E-state index contributed by atoms with van der Waals surface area (Å²) in [4.78, 5) is 16.6. The van der Waals surface area contributed by atoms with Crippen molar-refractivity contribution in [1.82, 2.24) is 20.1 Å². The molecule has 158 valence electrons. The number of likely N-dealkylation sites (N-methyl/N-ethyl adjacent to an activating group) is 1. The van der Waals surface area contributed by atoms with Crippen molar-refractivity contribution in [1.29, 1.82) is 0 Å². The summed E-state index contributed by atoms with van der Waals surface area (Å²) in [5, 5.41) is 3.43. The number of rotatable bonds is 6. The number of aromatic nitrogens is 1. The number of anilines is 1. The van der Waals surface area contributed by atoms with Crippen LogP contribution in [0.15, 0.2) is 23.3 Å². The van der Waals surface area contributed by atoms with Crippen LogP contribution >= 0.6 is 24.0 Å². The van der Waals surface area contributed by atoms with Crippen LogP contribution in [0.5, 0.6) is 0 Å². The van der Waals surface area contributed by atoms with Gasteiger partial charge in [0.15, 0.2) is 5.96 Å². The van der Waals surface area contributed by atoms with Crippen LogP contribution < -0.4 is 10.2 Å². The van der Waals surface area contributed by atoms with Gasteiger partial charge in [0.25, 0.3) is 0 Å². The van der Waals surface area contributed by atoms with Gasteiger partial charge in [-0.2, -0.15) is 0 Å². The van der Waals surface area contributed by atoms with E-state index < -0.39 is 0 Å². The van der Waals surface area contributed by atoms with Gasteiger partial charge in [-0.3, -0.25) is 0 Å². The summed E-state index contributed by atoms with van der Waals surface area (Å²) in [6.45, 7) is 10.5. The Morgan fingerprint density at radius 3 is 2.82 bits per heavy atom. The third kappa shape index (κ3) is 6.45. The second-order valence-corrected chi connectivity index (χ2v) is 7.56. The molecule has 0 aromatic carbocycles. The Bertz CT molecular complexity index is 614. The molecule has 28 heavy (non-hydrogen) atoms. The summed E-state index contributed by atoms with van der Waals surface area (Å²) in [5.74, 6) is 2.63. The Morgan fingerprint density at radius 1 is 1.36 bits per heavy atom. The van der Waals surface area contributed by atoms with Crippen molar-refractivity contribution in [3.05, 3.63) is 23.9 Å². The van der Waals surface area contributed by atoms with Gasteiger partial charge in [-0.15, -0.1) is 24.0 Å². The third-order valence-corrected chi connectivity index (χ3v) is 5.32. The lowest BCUT2D eigenvalue weighted by atomic mass is 10.1. The van der Waals surface area contributed by atoms with Crippen molar-refractivity contribution in [3.63, 3.8) is 0 Å². The van der Waals surface area contributed by atoms with Crippen LogP contribution in [0.1, 0.15) is 18.9 Å². The summed E-state index contributed by atoms with van der Waals surface area (Å²) in [5.41, 5.74) is 1.19. The highest BCUT2D eigenvalue weighted by atomic mass is 127. The van der Waals surface area contributed by atoms with E-state index in [9.17, 15) is 0 Å². The minimum Gasteiger partial charge on any atom is -0.381 e. The second kappa shape index (κ2) is 11.8. The Hall–Kier alpha value is -1.13. The van der Waals surface area contributed by atoms with E-state index >= 15 is 0 Å². The number of ether oxygens (including phenoxy) is 1. The standard InChI is InChI=1S/C20H34N6O.HI/c1-4-21-20(25(3)15-17-7-13-27-16-17)23-14-18-6-5-8-22-19(18)26-11-9-24(2)10-12-26;/h5-6,8,17H,4,7,9-16H2,1-3H3,(H,21,23);1H.